The van der Waals surface area contributed by atoms with Gasteiger partial charge in [0.25, 0.3) is 0 Å². The van der Waals surface area contributed by atoms with E-state index >= 15 is 0 Å². The van der Waals surface area contributed by atoms with Gasteiger partial charge < -0.3 is 0 Å². The lowest BCUT2D eigenvalue weighted by molar-refractivity contribution is -0.137. The fraction of sp³-hybridized carbons (Fsp3) is 0.0455. The van der Waals surface area contributed by atoms with Gasteiger partial charge in [0.05, 0.1) is 22.3 Å². The molecule has 3 aromatic carbocycles. The Bertz CT molecular complexity index is 1300. The zero-order valence-electron chi connectivity index (χ0n) is 14.6. The molecule has 0 N–H and O–H groups in total. The monoisotopic (exact) mass is 377 g/mol. The highest BCUT2D eigenvalue weighted by atomic mass is 19.4. The van der Waals surface area contributed by atoms with E-state index in [1.807, 2.05) is 65.2 Å². The number of aromatic nitrogens is 3. The van der Waals surface area contributed by atoms with Crippen molar-refractivity contribution in [3.05, 3.63) is 90.6 Å². The Kier molecular flexibility index (Phi) is 3.55. The van der Waals surface area contributed by atoms with Crippen LogP contribution in [0, 0.1) is 0 Å². The van der Waals surface area contributed by atoms with E-state index in [4.69, 9.17) is 0 Å². The molecule has 0 amide bonds. The molecular formula is C22H14F3N3. The van der Waals surface area contributed by atoms with Crippen molar-refractivity contribution < 1.29 is 13.2 Å². The summed E-state index contributed by atoms with van der Waals surface area (Å²) in [4.78, 5) is 4.67. The lowest BCUT2D eigenvalue weighted by Crippen LogP contribution is -2.06. The summed E-state index contributed by atoms with van der Waals surface area (Å²) >= 11 is 0. The summed E-state index contributed by atoms with van der Waals surface area (Å²) in [6, 6.07) is 22.5. The van der Waals surface area contributed by atoms with E-state index in [0.29, 0.717) is 11.5 Å². The normalized spacial score (nSPS) is 12.1. The summed E-state index contributed by atoms with van der Waals surface area (Å²) in [5.41, 5.74) is 3.09. The number of para-hydroxylation sites is 2. The molecule has 0 unspecified atom stereocenters. The van der Waals surface area contributed by atoms with E-state index in [9.17, 15) is 13.2 Å². The van der Waals surface area contributed by atoms with Crippen LogP contribution >= 0.6 is 0 Å². The molecule has 0 radical (unpaired) electrons. The minimum absolute atomic E-state index is 0.416. The molecule has 0 spiro atoms. The maximum Gasteiger partial charge on any atom is 0.416 e. The third kappa shape index (κ3) is 2.57. The predicted molar refractivity (Wildman–Crippen MR) is 102 cm³/mol. The van der Waals surface area contributed by atoms with Gasteiger partial charge in [-0.2, -0.15) is 13.2 Å². The van der Waals surface area contributed by atoms with Gasteiger partial charge in [0.15, 0.2) is 0 Å². The number of imidazole rings is 2. The largest absolute Gasteiger partial charge is 0.416 e. The van der Waals surface area contributed by atoms with Crippen LogP contribution in [0.15, 0.2) is 85.1 Å². The van der Waals surface area contributed by atoms with Gasteiger partial charge in [0.1, 0.15) is 0 Å². The summed E-state index contributed by atoms with van der Waals surface area (Å²) in [6.07, 6.45) is -2.49. The third-order valence-corrected chi connectivity index (χ3v) is 4.77. The number of alkyl halides is 3. The van der Waals surface area contributed by atoms with Crippen LogP contribution in [0.25, 0.3) is 33.8 Å². The van der Waals surface area contributed by atoms with Crippen molar-refractivity contribution in [2.24, 2.45) is 0 Å². The Hall–Kier alpha value is -3.54. The molecule has 28 heavy (non-hydrogen) atoms. The van der Waals surface area contributed by atoms with Gasteiger partial charge in [-0.25, -0.2) is 4.98 Å². The summed E-state index contributed by atoms with van der Waals surface area (Å²) in [5, 5.41) is 0. The number of hydrogen-bond acceptors (Lipinski definition) is 1. The SMILES string of the molecule is FC(F)(F)c1cccc(-n2c(-c3ccccc3)cn3c4ccccc4nc23)c1. The van der Waals surface area contributed by atoms with E-state index in [-0.39, 0.29) is 0 Å². The number of hydrogen-bond donors (Lipinski definition) is 0. The first-order valence-electron chi connectivity index (χ1n) is 8.74. The number of fused-ring (bicyclic) bond motifs is 3. The molecule has 0 aliphatic carbocycles. The molecule has 2 heterocycles. The van der Waals surface area contributed by atoms with Crippen molar-refractivity contribution >= 4 is 16.8 Å². The topological polar surface area (TPSA) is 22.2 Å². The average molecular weight is 377 g/mol. The smallest absolute Gasteiger partial charge is 0.283 e. The maximum absolute atomic E-state index is 13.3. The van der Waals surface area contributed by atoms with Crippen LogP contribution in [-0.4, -0.2) is 14.0 Å². The highest BCUT2D eigenvalue weighted by Crippen LogP contribution is 2.33. The van der Waals surface area contributed by atoms with Crippen LogP contribution < -0.4 is 0 Å². The minimum Gasteiger partial charge on any atom is -0.283 e. The van der Waals surface area contributed by atoms with Gasteiger partial charge in [-0.05, 0) is 30.3 Å². The van der Waals surface area contributed by atoms with Crippen molar-refractivity contribution in [2.75, 3.05) is 0 Å². The van der Waals surface area contributed by atoms with Gasteiger partial charge in [-0.15, -0.1) is 0 Å². The van der Waals surface area contributed by atoms with Crippen molar-refractivity contribution in [1.29, 1.82) is 0 Å². The van der Waals surface area contributed by atoms with Crippen LogP contribution in [0.4, 0.5) is 13.2 Å². The highest BCUT2D eigenvalue weighted by molar-refractivity contribution is 5.82. The second-order valence-corrected chi connectivity index (χ2v) is 6.53. The number of benzene rings is 3. The van der Waals surface area contributed by atoms with E-state index in [0.717, 1.165) is 34.4 Å². The lowest BCUT2D eigenvalue weighted by atomic mass is 10.1. The van der Waals surface area contributed by atoms with E-state index in [1.54, 1.807) is 10.6 Å². The molecule has 0 bridgehead atoms. The van der Waals surface area contributed by atoms with Gasteiger partial charge in [0.2, 0.25) is 5.78 Å². The summed E-state index contributed by atoms with van der Waals surface area (Å²) in [7, 11) is 0. The molecule has 0 saturated heterocycles. The Labute approximate surface area is 158 Å². The van der Waals surface area contributed by atoms with Gasteiger partial charge in [-0.1, -0.05) is 48.5 Å². The number of halogens is 3. The Morgan fingerprint density at radius 3 is 2.32 bits per heavy atom. The Morgan fingerprint density at radius 1 is 0.786 bits per heavy atom. The zero-order chi connectivity index (χ0) is 19.3. The van der Waals surface area contributed by atoms with Crippen LogP contribution in [0.1, 0.15) is 5.56 Å². The first-order chi connectivity index (χ1) is 13.5. The molecule has 0 atom stereocenters. The molecular weight excluding hydrogens is 363 g/mol. The van der Waals surface area contributed by atoms with Crippen molar-refractivity contribution in [2.45, 2.75) is 6.18 Å². The van der Waals surface area contributed by atoms with Gasteiger partial charge >= 0.3 is 6.18 Å². The molecule has 0 aliphatic rings. The summed E-state index contributed by atoms with van der Waals surface area (Å²) < 4.78 is 43.5. The number of nitrogens with zero attached hydrogens (tertiary/aromatic N) is 3. The minimum atomic E-state index is -4.41. The Morgan fingerprint density at radius 2 is 1.54 bits per heavy atom. The van der Waals surface area contributed by atoms with Crippen molar-refractivity contribution in [1.82, 2.24) is 14.0 Å². The molecule has 2 aromatic heterocycles. The molecule has 5 rings (SSSR count). The quantitative estimate of drug-likeness (QED) is 0.372. The number of rotatable bonds is 2. The van der Waals surface area contributed by atoms with Crippen molar-refractivity contribution in [3.63, 3.8) is 0 Å². The molecule has 3 nitrogen and oxygen atoms in total. The molecule has 5 aromatic rings. The van der Waals surface area contributed by atoms with Gasteiger partial charge in [0, 0.05) is 17.4 Å². The zero-order valence-corrected chi connectivity index (χ0v) is 14.6. The van der Waals surface area contributed by atoms with E-state index < -0.39 is 11.7 Å². The molecule has 0 fully saturated rings. The summed E-state index contributed by atoms with van der Waals surface area (Å²) in [5.74, 6) is 0.569. The second kappa shape index (κ2) is 5.99. The standard InChI is InChI=1S/C22H14F3N3/c23-22(24,25)16-9-6-10-17(13-16)28-20(15-7-2-1-3-8-15)14-27-19-12-5-4-11-18(19)26-21(27)28/h1-14H. The molecule has 138 valence electrons. The molecule has 0 saturated carbocycles. The molecule has 0 aliphatic heterocycles. The fourth-order valence-corrected chi connectivity index (χ4v) is 3.49. The lowest BCUT2D eigenvalue weighted by Gasteiger charge is -2.12. The Balaban J connectivity index is 1.86. The first kappa shape index (κ1) is 16.6. The predicted octanol–water partition coefficient (Wildman–Crippen LogP) is 5.96. The third-order valence-electron chi connectivity index (χ3n) is 4.77. The summed E-state index contributed by atoms with van der Waals surface area (Å²) in [6.45, 7) is 0. The van der Waals surface area contributed by atoms with Crippen LogP contribution in [0.5, 0.6) is 0 Å². The van der Waals surface area contributed by atoms with Crippen molar-refractivity contribution in [3.8, 4) is 16.9 Å². The highest BCUT2D eigenvalue weighted by Gasteiger charge is 2.31. The molecule has 6 heteroatoms. The first-order valence-corrected chi connectivity index (χ1v) is 8.74. The van der Waals surface area contributed by atoms with Crippen LogP contribution in [0.2, 0.25) is 0 Å². The van der Waals surface area contributed by atoms with Crippen LogP contribution in [-0.2, 0) is 6.18 Å². The van der Waals surface area contributed by atoms with E-state index in [2.05, 4.69) is 4.98 Å². The fourth-order valence-electron chi connectivity index (χ4n) is 3.49. The van der Waals surface area contributed by atoms with Crippen LogP contribution in [0.3, 0.4) is 0 Å². The second-order valence-electron chi connectivity index (χ2n) is 6.53. The average Bonchev–Trinajstić information content (AvgIpc) is 3.24. The van der Waals surface area contributed by atoms with E-state index in [1.165, 1.54) is 6.07 Å². The van der Waals surface area contributed by atoms with Gasteiger partial charge in [-0.3, -0.25) is 8.97 Å². The maximum atomic E-state index is 13.3.